The average molecular weight is 381 g/mol. The van der Waals surface area contributed by atoms with Crippen molar-refractivity contribution >= 4 is 5.97 Å². The van der Waals surface area contributed by atoms with Gasteiger partial charge in [0.2, 0.25) is 0 Å². The Labute approximate surface area is 156 Å². The zero-order valence-electron chi connectivity index (χ0n) is 15.3. The summed E-state index contributed by atoms with van der Waals surface area (Å²) in [5.41, 5.74) is 0.113. The largest absolute Gasteiger partial charge is 0.504 e. The van der Waals surface area contributed by atoms with E-state index in [9.17, 15) is 9.90 Å². The van der Waals surface area contributed by atoms with Crippen molar-refractivity contribution in [3.63, 3.8) is 0 Å². The van der Waals surface area contributed by atoms with Gasteiger partial charge in [0.15, 0.2) is 17.3 Å². The first kappa shape index (κ1) is 20.6. The summed E-state index contributed by atoms with van der Waals surface area (Å²) < 4.78 is 26.8. The number of hydrogen-bond acceptors (Lipinski definition) is 9. The molecule has 0 radical (unpaired) electrons. The summed E-state index contributed by atoms with van der Waals surface area (Å²) >= 11 is 0. The summed E-state index contributed by atoms with van der Waals surface area (Å²) in [6.07, 6.45) is 2.94. The third-order valence-electron chi connectivity index (χ3n) is 3.32. The van der Waals surface area contributed by atoms with Crippen LogP contribution in [-0.2, 0) is 18.9 Å². The van der Waals surface area contributed by atoms with Crippen molar-refractivity contribution in [3.05, 3.63) is 30.2 Å². The van der Waals surface area contributed by atoms with E-state index in [1.807, 2.05) is 0 Å². The van der Waals surface area contributed by atoms with E-state index in [1.54, 1.807) is 7.11 Å². The highest BCUT2D eigenvalue weighted by Gasteiger charge is 2.13. The Morgan fingerprint density at radius 3 is 2.48 bits per heavy atom. The molecular weight excluding hydrogens is 358 g/mol. The van der Waals surface area contributed by atoms with E-state index in [4.69, 9.17) is 18.9 Å². The molecule has 0 aromatic carbocycles. The van der Waals surface area contributed by atoms with Gasteiger partial charge in [-0.25, -0.2) is 14.5 Å². The molecule has 0 amide bonds. The first-order valence-corrected chi connectivity index (χ1v) is 8.26. The van der Waals surface area contributed by atoms with Crippen LogP contribution in [0.2, 0.25) is 0 Å². The van der Waals surface area contributed by atoms with Crippen LogP contribution in [0.4, 0.5) is 0 Å². The van der Waals surface area contributed by atoms with Gasteiger partial charge in [0.05, 0.1) is 46.3 Å². The molecule has 0 aliphatic rings. The molecule has 0 fully saturated rings. The van der Waals surface area contributed by atoms with Crippen molar-refractivity contribution in [1.29, 1.82) is 0 Å². The molecule has 0 atom stereocenters. The molecule has 0 unspecified atom stereocenters. The van der Waals surface area contributed by atoms with Gasteiger partial charge in [-0.05, 0) is 6.07 Å². The third-order valence-corrected chi connectivity index (χ3v) is 3.32. The van der Waals surface area contributed by atoms with Crippen LogP contribution >= 0.6 is 0 Å². The number of carbonyl (C=O) groups is 1. The fraction of sp³-hybridized carbons (Fsp3) is 0.471. The molecule has 0 bridgehead atoms. The number of aromatic hydroxyl groups is 1. The van der Waals surface area contributed by atoms with Gasteiger partial charge in [-0.15, -0.1) is 0 Å². The van der Waals surface area contributed by atoms with Crippen molar-refractivity contribution in [2.24, 2.45) is 0 Å². The lowest BCUT2D eigenvalue weighted by Crippen LogP contribution is -2.12. The van der Waals surface area contributed by atoms with Crippen LogP contribution in [0, 0.1) is 0 Å². The summed E-state index contributed by atoms with van der Waals surface area (Å²) in [6.45, 7) is 2.70. The van der Waals surface area contributed by atoms with Crippen LogP contribution in [0.15, 0.2) is 24.5 Å². The molecule has 0 aliphatic carbocycles. The molecule has 10 nitrogen and oxygen atoms in total. The smallest absolute Gasteiger partial charge is 0.358 e. The van der Waals surface area contributed by atoms with Gasteiger partial charge in [0, 0.05) is 19.4 Å². The summed E-state index contributed by atoms with van der Waals surface area (Å²) in [4.78, 5) is 15.5. The SMILES string of the molecule is COCCOCCOCCOc1cnc(-n2ccc(C(=O)OC)n2)c(O)c1. The monoisotopic (exact) mass is 381 g/mol. The molecule has 148 valence electrons. The minimum Gasteiger partial charge on any atom is -0.504 e. The summed E-state index contributed by atoms with van der Waals surface area (Å²) in [7, 11) is 2.88. The van der Waals surface area contributed by atoms with E-state index in [2.05, 4.69) is 14.8 Å². The van der Waals surface area contributed by atoms with Crippen molar-refractivity contribution < 1.29 is 33.6 Å². The van der Waals surface area contributed by atoms with Gasteiger partial charge < -0.3 is 28.8 Å². The Bertz CT molecular complexity index is 720. The Balaban J connectivity index is 1.76. The van der Waals surface area contributed by atoms with Crippen LogP contribution in [0.3, 0.4) is 0 Å². The van der Waals surface area contributed by atoms with Gasteiger partial charge in [0.25, 0.3) is 0 Å². The lowest BCUT2D eigenvalue weighted by Gasteiger charge is -2.09. The Morgan fingerprint density at radius 1 is 1.11 bits per heavy atom. The summed E-state index contributed by atoms with van der Waals surface area (Å²) in [5.74, 6) is -0.157. The van der Waals surface area contributed by atoms with Crippen molar-refractivity contribution in [2.75, 3.05) is 53.9 Å². The lowest BCUT2D eigenvalue weighted by molar-refractivity contribution is 0.0179. The zero-order valence-corrected chi connectivity index (χ0v) is 15.3. The van der Waals surface area contributed by atoms with Crippen LogP contribution < -0.4 is 4.74 Å². The number of esters is 1. The first-order valence-electron chi connectivity index (χ1n) is 8.26. The van der Waals surface area contributed by atoms with Crippen LogP contribution in [0.25, 0.3) is 5.82 Å². The molecule has 0 aliphatic heterocycles. The van der Waals surface area contributed by atoms with Crippen LogP contribution in [0.1, 0.15) is 10.5 Å². The molecule has 10 heteroatoms. The number of ether oxygens (including phenoxy) is 5. The summed E-state index contributed by atoms with van der Waals surface area (Å²) in [5, 5.41) is 14.1. The molecule has 2 aromatic rings. The number of aromatic nitrogens is 3. The highest BCUT2D eigenvalue weighted by atomic mass is 16.6. The molecule has 0 saturated heterocycles. The Hall–Kier alpha value is -2.69. The molecule has 2 aromatic heterocycles. The predicted octanol–water partition coefficient (Wildman–Crippen LogP) is 0.818. The van der Waals surface area contributed by atoms with Crippen molar-refractivity contribution in [3.8, 4) is 17.3 Å². The molecule has 27 heavy (non-hydrogen) atoms. The number of rotatable bonds is 12. The molecule has 1 N–H and O–H groups in total. The van der Waals surface area contributed by atoms with Gasteiger partial charge in [-0.2, -0.15) is 5.10 Å². The van der Waals surface area contributed by atoms with Crippen molar-refractivity contribution in [1.82, 2.24) is 14.8 Å². The number of nitrogens with zero attached hydrogens (tertiary/aromatic N) is 3. The molecular formula is C17H23N3O7. The quantitative estimate of drug-likeness (QED) is 0.421. The predicted molar refractivity (Wildman–Crippen MR) is 93.4 cm³/mol. The normalized spacial score (nSPS) is 10.7. The van der Waals surface area contributed by atoms with Crippen LogP contribution in [0.5, 0.6) is 11.5 Å². The van der Waals surface area contributed by atoms with E-state index in [-0.39, 0.29) is 17.3 Å². The maximum Gasteiger partial charge on any atom is 0.358 e. The number of carbonyl (C=O) groups excluding carboxylic acids is 1. The van der Waals surface area contributed by atoms with E-state index in [1.165, 1.54) is 36.3 Å². The second kappa shape index (κ2) is 11.1. The molecule has 2 heterocycles. The highest BCUT2D eigenvalue weighted by molar-refractivity contribution is 5.86. The minimum atomic E-state index is -0.572. The maximum atomic E-state index is 11.4. The van der Waals surface area contributed by atoms with E-state index >= 15 is 0 Å². The summed E-state index contributed by atoms with van der Waals surface area (Å²) in [6, 6.07) is 2.88. The second-order valence-corrected chi connectivity index (χ2v) is 5.22. The average Bonchev–Trinajstić information content (AvgIpc) is 3.16. The van der Waals surface area contributed by atoms with E-state index in [0.29, 0.717) is 45.4 Å². The molecule has 0 saturated carbocycles. The third kappa shape index (κ3) is 6.51. The van der Waals surface area contributed by atoms with E-state index < -0.39 is 5.97 Å². The standard InChI is InChI=1S/C17H23N3O7/c1-23-5-6-25-7-8-26-9-10-27-13-11-15(21)16(18-12-13)20-4-3-14(19-20)17(22)24-2/h3-4,11-12,21H,5-10H2,1-2H3. The molecule has 0 spiro atoms. The Kier molecular flexibility index (Phi) is 8.49. The second-order valence-electron chi connectivity index (χ2n) is 5.22. The van der Waals surface area contributed by atoms with E-state index in [0.717, 1.165) is 0 Å². The topological polar surface area (TPSA) is 114 Å². The van der Waals surface area contributed by atoms with Gasteiger partial charge in [-0.3, -0.25) is 0 Å². The fourth-order valence-electron chi connectivity index (χ4n) is 2.02. The zero-order chi connectivity index (χ0) is 19.5. The highest BCUT2D eigenvalue weighted by Crippen LogP contribution is 2.23. The maximum absolute atomic E-state index is 11.4. The lowest BCUT2D eigenvalue weighted by atomic mass is 10.4. The minimum absolute atomic E-state index is 0.113. The first-order chi connectivity index (χ1) is 13.2. The number of hydrogen-bond donors (Lipinski definition) is 1. The van der Waals surface area contributed by atoms with Gasteiger partial charge >= 0.3 is 5.97 Å². The van der Waals surface area contributed by atoms with Crippen LogP contribution in [-0.4, -0.2) is 79.7 Å². The Morgan fingerprint density at radius 2 is 1.81 bits per heavy atom. The number of methoxy groups -OCH3 is 2. The van der Waals surface area contributed by atoms with Gasteiger partial charge in [-0.1, -0.05) is 0 Å². The number of pyridine rings is 1. The van der Waals surface area contributed by atoms with Gasteiger partial charge in [0.1, 0.15) is 12.4 Å². The van der Waals surface area contributed by atoms with Crippen molar-refractivity contribution in [2.45, 2.75) is 0 Å². The molecule has 2 rings (SSSR count). The fourth-order valence-corrected chi connectivity index (χ4v) is 2.02.